The summed E-state index contributed by atoms with van der Waals surface area (Å²) in [6, 6.07) is 18.0. The first-order chi connectivity index (χ1) is 15.8. The van der Waals surface area contributed by atoms with E-state index in [1.165, 1.54) is 16.8 Å². The highest BCUT2D eigenvalue weighted by atomic mass is 79.9. The predicted octanol–water partition coefficient (Wildman–Crippen LogP) is 5.83. The Morgan fingerprint density at radius 2 is 1.85 bits per heavy atom. The van der Waals surface area contributed by atoms with Gasteiger partial charge in [0.15, 0.2) is 5.84 Å². The molecule has 1 amide bonds. The molecular formula is C25H20BrN5OS. The Bertz CT molecular complexity index is 1430. The number of rotatable bonds is 3. The molecule has 8 heteroatoms. The third-order valence-electron chi connectivity index (χ3n) is 5.67. The van der Waals surface area contributed by atoms with Crippen molar-refractivity contribution in [3.63, 3.8) is 0 Å². The van der Waals surface area contributed by atoms with Crippen LogP contribution in [0, 0.1) is 26.2 Å². The number of halogens is 1. The maximum atomic E-state index is 12.9. The fraction of sp³-hybridized carbons (Fsp3) is 0.120. The summed E-state index contributed by atoms with van der Waals surface area (Å²) in [6.45, 7) is 6.04. The van der Waals surface area contributed by atoms with E-state index in [1.807, 2.05) is 75.4 Å². The molecule has 1 N–H and O–H groups in total. The number of nitrogens with one attached hydrogen (secondary N) is 1. The van der Waals surface area contributed by atoms with Crippen molar-refractivity contribution < 1.29 is 4.79 Å². The number of thioether (sulfide) groups is 1. The van der Waals surface area contributed by atoms with Crippen LogP contribution in [0.2, 0.25) is 0 Å². The molecule has 0 saturated carbocycles. The number of hydrogen-bond donors (Lipinski definition) is 1. The van der Waals surface area contributed by atoms with Crippen LogP contribution < -0.4 is 0 Å². The molecule has 0 spiro atoms. The standard InChI is InChI=1S/C25H20BrN5OS/c1-14-7-4-5-10-20(14)24-29-31-22(27)21(23(32)28-25(31)33-24)12-17-11-15(2)30(16(17)3)19-9-6-8-18(26)13-19/h4-13,27H,1-3H3/b21-12+,27-22?. The summed E-state index contributed by atoms with van der Waals surface area (Å²) < 4.78 is 3.12. The van der Waals surface area contributed by atoms with Gasteiger partial charge in [-0.05, 0) is 74.0 Å². The highest BCUT2D eigenvalue weighted by Crippen LogP contribution is 2.32. The van der Waals surface area contributed by atoms with Gasteiger partial charge in [0, 0.05) is 27.1 Å². The maximum absolute atomic E-state index is 12.9. The van der Waals surface area contributed by atoms with E-state index < -0.39 is 5.91 Å². The van der Waals surface area contributed by atoms with Crippen LogP contribution in [0.5, 0.6) is 0 Å². The smallest absolute Gasteiger partial charge is 0.283 e. The second-order valence-corrected chi connectivity index (χ2v) is 9.75. The molecule has 1 aromatic heterocycles. The van der Waals surface area contributed by atoms with Crippen molar-refractivity contribution in [1.29, 1.82) is 5.41 Å². The molecule has 0 bridgehead atoms. The van der Waals surface area contributed by atoms with Gasteiger partial charge in [0.25, 0.3) is 5.91 Å². The number of aliphatic imine (C=N–C) groups is 1. The van der Waals surface area contributed by atoms with E-state index in [9.17, 15) is 4.79 Å². The van der Waals surface area contributed by atoms with Gasteiger partial charge in [0.1, 0.15) is 5.04 Å². The van der Waals surface area contributed by atoms with E-state index in [0.717, 1.165) is 43.3 Å². The van der Waals surface area contributed by atoms with Crippen LogP contribution in [0.1, 0.15) is 28.1 Å². The summed E-state index contributed by atoms with van der Waals surface area (Å²) >= 11 is 4.84. The molecule has 3 aromatic rings. The van der Waals surface area contributed by atoms with E-state index >= 15 is 0 Å². The van der Waals surface area contributed by atoms with Gasteiger partial charge in [-0.3, -0.25) is 10.2 Å². The highest BCUT2D eigenvalue weighted by molar-refractivity contribution is 9.10. The number of aryl methyl sites for hydroxylation is 2. The molecule has 0 atom stereocenters. The summed E-state index contributed by atoms with van der Waals surface area (Å²) in [5.74, 6) is -0.388. The zero-order valence-corrected chi connectivity index (χ0v) is 20.7. The monoisotopic (exact) mass is 517 g/mol. The van der Waals surface area contributed by atoms with Crippen LogP contribution in [0.4, 0.5) is 0 Å². The van der Waals surface area contributed by atoms with Crippen molar-refractivity contribution in [1.82, 2.24) is 9.58 Å². The molecule has 2 aliphatic heterocycles. The minimum Gasteiger partial charge on any atom is -0.318 e. The van der Waals surface area contributed by atoms with E-state index in [-0.39, 0.29) is 11.4 Å². The number of hydrazone groups is 1. The summed E-state index contributed by atoms with van der Waals surface area (Å²) in [7, 11) is 0. The SMILES string of the molecule is Cc1ccccc1C1=NN2C(=N)/C(=C\c3cc(C)n(-c4cccc(Br)c4)c3C)C(=O)N=C2S1. The molecule has 5 rings (SSSR count). The number of hydrogen-bond acceptors (Lipinski definition) is 4. The Morgan fingerprint density at radius 3 is 2.61 bits per heavy atom. The second-order valence-electron chi connectivity index (χ2n) is 7.88. The van der Waals surface area contributed by atoms with Crippen molar-refractivity contribution >= 4 is 55.7 Å². The number of nitrogens with zero attached hydrogens (tertiary/aromatic N) is 4. The molecule has 0 radical (unpaired) electrons. The first-order valence-corrected chi connectivity index (χ1v) is 12.0. The van der Waals surface area contributed by atoms with Crippen molar-refractivity contribution in [2.45, 2.75) is 20.8 Å². The minimum atomic E-state index is -0.424. The Kier molecular flexibility index (Phi) is 5.42. The van der Waals surface area contributed by atoms with Crippen LogP contribution in [0.25, 0.3) is 11.8 Å². The van der Waals surface area contributed by atoms with Gasteiger partial charge in [0.2, 0.25) is 5.17 Å². The quantitative estimate of drug-likeness (QED) is 0.444. The third kappa shape index (κ3) is 3.79. The Balaban J connectivity index is 1.53. The first kappa shape index (κ1) is 21.6. The van der Waals surface area contributed by atoms with Crippen LogP contribution >= 0.6 is 27.7 Å². The van der Waals surface area contributed by atoms with Crippen molar-refractivity contribution in [2.75, 3.05) is 0 Å². The summed E-state index contributed by atoms with van der Waals surface area (Å²) in [6.07, 6.45) is 1.74. The Hall–Kier alpha value is -3.23. The normalized spacial score (nSPS) is 16.8. The molecule has 0 unspecified atom stereocenters. The fourth-order valence-electron chi connectivity index (χ4n) is 4.02. The Morgan fingerprint density at radius 1 is 1.06 bits per heavy atom. The summed E-state index contributed by atoms with van der Waals surface area (Å²) in [4.78, 5) is 17.1. The van der Waals surface area contributed by atoms with Gasteiger partial charge >= 0.3 is 0 Å². The number of carbonyl (C=O) groups excluding carboxylic acids is 1. The van der Waals surface area contributed by atoms with Crippen LogP contribution in [0.15, 0.2) is 74.7 Å². The molecule has 0 saturated heterocycles. The summed E-state index contributed by atoms with van der Waals surface area (Å²) in [5.41, 5.74) is 6.19. The second kappa shape index (κ2) is 8.28. The van der Waals surface area contributed by atoms with Crippen LogP contribution in [0.3, 0.4) is 0 Å². The van der Waals surface area contributed by atoms with Crippen molar-refractivity contribution in [3.8, 4) is 5.69 Å². The van der Waals surface area contributed by atoms with Gasteiger partial charge < -0.3 is 4.57 Å². The number of benzene rings is 2. The first-order valence-electron chi connectivity index (χ1n) is 10.3. The lowest BCUT2D eigenvalue weighted by Crippen LogP contribution is -2.35. The Labute approximate surface area is 204 Å². The van der Waals surface area contributed by atoms with E-state index in [0.29, 0.717) is 5.17 Å². The summed E-state index contributed by atoms with van der Waals surface area (Å²) in [5, 5.41) is 15.9. The fourth-order valence-corrected chi connectivity index (χ4v) is 5.38. The van der Waals surface area contributed by atoms with Crippen LogP contribution in [-0.4, -0.2) is 31.5 Å². The molecule has 3 heterocycles. The molecular weight excluding hydrogens is 498 g/mol. The lowest BCUT2D eigenvalue weighted by Gasteiger charge is -2.20. The van der Waals surface area contributed by atoms with Crippen molar-refractivity contribution in [2.24, 2.45) is 10.1 Å². The number of fused-ring (bicyclic) bond motifs is 1. The van der Waals surface area contributed by atoms with Gasteiger partial charge in [0.05, 0.1) is 5.57 Å². The molecule has 0 aliphatic carbocycles. The number of carbonyl (C=O) groups is 1. The minimum absolute atomic E-state index is 0.0355. The number of amidine groups is 2. The molecule has 164 valence electrons. The van der Waals surface area contributed by atoms with Gasteiger partial charge in [-0.15, -0.1) is 0 Å². The molecule has 2 aliphatic rings. The molecule has 2 aromatic carbocycles. The lowest BCUT2D eigenvalue weighted by atomic mass is 10.1. The highest BCUT2D eigenvalue weighted by Gasteiger charge is 2.36. The van der Waals surface area contributed by atoms with Gasteiger partial charge in [-0.2, -0.15) is 15.1 Å². The van der Waals surface area contributed by atoms with Crippen molar-refractivity contribution in [3.05, 3.63) is 92.7 Å². The average molecular weight is 518 g/mol. The third-order valence-corrected chi connectivity index (χ3v) is 7.10. The largest absolute Gasteiger partial charge is 0.318 e. The van der Waals surface area contributed by atoms with Gasteiger partial charge in [-0.1, -0.05) is 46.3 Å². The zero-order valence-electron chi connectivity index (χ0n) is 18.3. The molecule has 0 fully saturated rings. The predicted molar refractivity (Wildman–Crippen MR) is 138 cm³/mol. The van der Waals surface area contributed by atoms with E-state index in [1.54, 1.807) is 6.08 Å². The maximum Gasteiger partial charge on any atom is 0.283 e. The zero-order chi connectivity index (χ0) is 23.3. The van der Waals surface area contributed by atoms with Gasteiger partial charge in [-0.25, -0.2) is 0 Å². The molecule has 6 nitrogen and oxygen atoms in total. The van der Waals surface area contributed by atoms with E-state index in [4.69, 9.17) is 5.41 Å². The van der Waals surface area contributed by atoms with E-state index in [2.05, 4.69) is 30.6 Å². The number of aromatic nitrogens is 1. The topological polar surface area (TPSA) is 73.8 Å². The average Bonchev–Trinajstić information content (AvgIpc) is 3.32. The number of amides is 1. The van der Waals surface area contributed by atoms with Crippen LogP contribution in [-0.2, 0) is 4.79 Å². The molecule has 33 heavy (non-hydrogen) atoms. The lowest BCUT2D eigenvalue weighted by molar-refractivity contribution is -0.114.